The lowest BCUT2D eigenvalue weighted by molar-refractivity contribution is -0.145. The normalized spacial score (nSPS) is 23.0. The van der Waals surface area contributed by atoms with Crippen molar-refractivity contribution in [1.29, 1.82) is 0 Å². The van der Waals surface area contributed by atoms with E-state index < -0.39 is 0 Å². The standard InChI is InChI=1S/C14H18BrNO2/c1-11-2-3-13(15)8-12(11)9-16-5-4-14(10-16)17-6-7-18-14/h2-3,8H,4-7,9-10H2,1H3. The highest BCUT2D eigenvalue weighted by atomic mass is 79.9. The predicted molar refractivity (Wildman–Crippen MR) is 73.4 cm³/mol. The van der Waals surface area contributed by atoms with E-state index in [1.54, 1.807) is 0 Å². The molecular formula is C14H18BrNO2. The molecule has 0 atom stereocenters. The van der Waals surface area contributed by atoms with Gasteiger partial charge in [0.05, 0.1) is 19.8 Å². The summed E-state index contributed by atoms with van der Waals surface area (Å²) < 4.78 is 12.6. The summed E-state index contributed by atoms with van der Waals surface area (Å²) in [7, 11) is 0. The number of likely N-dealkylation sites (tertiary alicyclic amines) is 1. The number of hydrogen-bond donors (Lipinski definition) is 0. The Morgan fingerprint density at radius 3 is 2.89 bits per heavy atom. The lowest BCUT2D eigenvalue weighted by Gasteiger charge is -2.22. The third-order valence-electron chi connectivity index (χ3n) is 3.79. The molecule has 2 aliphatic heterocycles. The van der Waals surface area contributed by atoms with Crippen LogP contribution in [0.15, 0.2) is 22.7 Å². The van der Waals surface area contributed by atoms with E-state index in [9.17, 15) is 0 Å². The second-order valence-corrected chi connectivity index (χ2v) is 6.05. The van der Waals surface area contributed by atoms with Crippen molar-refractivity contribution in [2.24, 2.45) is 0 Å². The molecule has 0 radical (unpaired) electrons. The first kappa shape index (κ1) is 12.6. The molecule has 2 heterocycles. The van der Waals surface area contributed by atoms with Gasteiger partial charge in [-0.3, -0.25) is 4.90 Å². The molecule has 0 aliphatic carbocycles. The lowest BCUT2D eigenvalue weighted by Crippen LogP contribution is -2.34. The predicted octanol–water partition coefficient (Wildman–Crippen LogP) is 2.71. The molecule has 0 saturated carbocycles. The lowest BCUT2D eigenvalue weighted by atomic mass is 10.1. The topological polar surface area (TPSA) is 21.7 Å². The minimum absolute atomic E-state index is 0.306. The number of nitrogens with zero attached hydrogens (tertiary/aromatic N) is 1. The second kappa shape index (κ2) is 4.93. The van der Waals surface area contributed by atoms with Gasteiger partial charge in [-0.25, -0.2) is 0 Å². The molecule has 3 rings (SSSR count). The fourth-order valence-corrected chi connectivity index (χ4v) is 3.15. The Morgan fingerprint density at radius 2 is 2.11 bits per heavy atom. The number of rotatable bonds is 2. The zero-order valence-corrected chi connectivity index (χ0v) is 12.2. The second-order valence-electron chi connectivity index (χ2n) is 5.14. The fourth-order valence-electron chi connectivity index (χ4n) is 2.75. The smallest absolute Gasteiger partial charge is 0.182 e. The average Bonchev–Trinajstić information content (AvgIpc) is 2.95. The molecule has 2 saturated heterocycles. The Morgan fingerprint density at radius 1 is 1.33 bits per heavy atom. The summed E-state index contributed by atoms with van der Waals surface area (Å²) in [5, 5.41) is 0. The van der Waals surface area contributed by atoms with E-state index in [-0.39, 0.29) is 5.79 Å². The molecule has 0 aromatic heterocycles. The van der Waals surface area contributed by atoms with Gasteiger partial charge in [-0.05, 0) is 30.2 Å². The molecule has 2 fully saturated rings. The van der Waals surface area contributed by atoms with Crippen LogP contribution in [0, 0.1) is 6.92 Å². The van der Waals surface area contributed by atoms with Gasteiger partial charge in [-0.2, -0.15) is 0 Å². The van der Waals surface area contributed by atoms with E-state index in [0.717, 1.165) is 43.7 Å². The van der Waals surface area contributed by atoms with E-state index in [1.165, 1.54) is 11.1 Å². The maximum absolute atomic E-state index is 5.75. The number of aryl methyl sites for hydroxylation is 1. The van der Waals surface area contributed by atoms with E-state index in [2.05, 4.69) is 46.0 Å². The number of hydrogen-bond acceptors (Lipinski definition) is 3. The van der Waals surface area contributed by atoms with Gasteiger partial charge in [0.25, 0.3) is 0 Å². The first-order valence-corrected chi connectivity index (χ1v) is 7.21. The Hall–Kier alpha value is -0.420. The van der Waals surface area contributed by atoms with Crippen LogP contribution < -0.4 is 0 Å². The van der Waals surface area contributed by atoms with Gasteiger partial charge in [-0.1, -0.05) is 22.0 Å². The van der Waals surface area contributed by atoms with E-state index in [1.807, 2.05) is 0 Å². The highest BCUT2D eigenvalue weighted by Gasteiger charge is 2.43. The molecule has 0 amide bonds. The number of halogens is 1. The summed E-state index contributed by atoms with van der Waals surface area (Å²) in [5.41, 5.74) is 2.71. The quantitative estimate of drug-likeness (QED) is 0.838. The van der Waals surface area contributed by atoms with Crippen molar-refractivity contribution in [2.75, 3.05) is 26.3 Å². The van der Waals surface area contributed by atoms with Crippen molar-refractivity contribution in [3.63, 3.8) is 0 Å². The maximum Gasteiger partial charge on any atom is 0.182 e. The maximum atomic E-state index is 5.75. The van der Waals surface area contributed by atoms with Crippen LogP contribution in [0.3, 0.4) is 0 Å². The summed E-state index contributed by atoms with van der Waals surface area (Å²) >= 11 is 3.54. The molecule has 4 heteroatoms. The summed E-state index contributed by atoms with van der Waals surface area (Å²) in [5.74, 6) is -0.306. The summed E-state index contributed by atoms with van der Waals surface area (Å²) in [6.07, 6.45) is 0.986. The highest BCUT2D eigenvalue weighted by Crippen LogP contribution is 2.31. The minimum Gasteiger partial charge on any atom is -0.346 e. The number of benzene rings is 1. The van der Waals surface area contributed by atoms with Gasteiger partial charge >= 0.3 is 0 Å². The molecule has 1 aromatic carbocycles. The molecule has 1 spiro atoms. The molecular weight excluding hydrogens is 294 g/mol. The van der Waals surface area contributed by atoms with Crippen LogP contribution in [-0.2, 0) is 16.0 Å². The third-order valence-corrected chi connectivity index (χ3v) is 4.29. The van der Waals surface area contributed by atoms with Gasteiger partial charge in [0, 0.05) is 24.0 Å². The minimum atomic E-state index is -0.306. The molecule has 98 valence electrons. The van der Waals surface area contributed by atoms with Crippen molar-refractivity contribution in [2.45, 2.75) is 25.7 Å². The first-order valence-electron chi connectivity index (χ1n) is 6.42. The summed E-state index contributed by atoms with van der Waals surface area (Å²) in [6, 6.07) is 6.46. The van der Waals surface area contributed by atoms with Crippen molar-refractivity contribution >= 4 is 15.9 Å². The van der Waals surface area contributed by atoms with Crippen molar-refractivity contribution in [1.82, 2.24) is 4.90 Å². The van der Waals surface area contributed by atoms with Crippen LogP contribution in [0.5, 0.6) is 0 Å². The van der Waals surface area contributed by atoms with Crippen molar-refractivity contribution < 1.29 is 9.47 Å². The Labute approximate surface area is 116 Å². The fraction of sp³-hybridized carbons (Fsp3) is 0.571. The van der Waals surface area contributed by atoms with Gasteiger partial charge in [0.1, 0.15) is 0 Å². The Kier molecular flexibility index (Phi) is 3.45. The van der Waals surface area contributed by atoms with E-state index in [0.29, 0.717) is 0 Å². The first-order chi connectivity index (χ1) is 8.67. The molecule has 18 heavy (non-hydrogen) atoms. The SMILES string of the molecule is Cc1ccc(Br)cc1CN1CCC2(C1)OCCO2. The molecule has 0 unspecified atom stereocenters. The number of ether oxygens (including phenoxy) is 2. The van der Waals surface area contributed by atoms with Crippen molar-refractivity contribution in [3.05, 3.63) is 33.8 Å². The van der Waals surface area contributed by atoms with Crippen LogP contribution in [-0.4, -0.2) is 37.0 Å². The Bertz CT molecular complexity index is 443. The van der Waals surface area contributed by atoms with Crippen molar-refractivity contribution in [3.8, 4) is 0 Å². The molecule has 2 aliphatic rings. The van der Waals surface area contributed by atoms with Gasteiger partial charge in [0.15, 0.2) is 5.79 Å². The van der Waals surface area contributed by atoms with E-state index in [4.69, 9.17) is 9.47 Å². The zero-order chi connectivity index (χ0) is 12.6. The van der Waals surface area contributed by atoms with Crippen LogP contribution in [0.25, 0.3) is 0 Å². The zero-order valence-electron chi connectivity index (χ0n) is 10.6. The summed E-state index contributed by atoms with van der Waals surface area (Å²) in [4.78, 5) is 2.42. The molecule has 0 bridgehead atoms. The largest absolute Gasteiger partial charge is 0.346 e. The van der Waals surface area contributed by atoms with Crippen LogP contribution >= 0.6 is 15.9 Å². The molecule has 0 N–H and O–H groups in total. The monoisotopic (exact) mass is 311 g/mol. The van der Waals surface area contributed by atoms with Gasteiger partial charge in [0.2, 0.25) is 0 Å². The Balaban J connectivity index is 1.69. The summed E-state index contributed by atoms with van der Waals surface area (Å²) in [6.45, 7) is 6.55. The van der Waals surface area contributed by atoms with Crippen LogP contribution in [0.2, 0.25) is 0 Å². The van der Waals surface area contributed by atoms with Gasteiger partial charge in [-0.15, -0.1) is 0 Å². The van der Waals surface area contributed by atoms with Gasteiger partial charge < -0.3 is 9.47 Å². The van der Waals surface area contributed by atoms with E-state index >= 15 is 0 Å². The average molecular weight is 312 g/mol. The molecule has 3 nitrogen and oxygen atoms in total. The highest BCUT2D eigenvalue weighted by molar-refractivity contribution is 9.10. The van der Waals surface area contributed by atoms with Crippen LogP contribution in [0.1, 0.15) is 17.5 Å². The third kappa shape index (κ3) is 2.48. The van der Waals surface area contributed by atoms with Crippen LogP contribution in [0.4, 0.5) is 0 Å². The molecule has 1 aromatic rings.